The fraction of sp³-hybridized carbons (Fsp3) is 0.556. The van der Waals surface area contributed by atoms with Gasteiger partial charge in [-0.15, -0.1) is 0 Å². The van der Waals surface area contributed by atoms with E-state index >= 15 is 0 Å². The highest BCUT2D eigenvalue weighted by atomic mass is 35.5. The van der Waals surface area contributed by atoms with Gasteiger partial charge in [0.15, 0.2) is 15.9 Å². The third-order valence-electron chi connectivity index (χ3n) is 4.84. The Morgan fingerprint density at radius 3 is 2.43 bits per heavy atom. The van der Waals surface area contributed by atoms with Gasteiger partial charge in [0.25, 0.3) is 5.91 Å². The number of rotatable bonds is 7. The van der Waals surface area contributed by atoms with Gasteiger partial charge in [-0.25, -0.2) is 25.9 Å². The van der Waals surface area contributed by atoms with Crippen LogP contribution in [0, 0.1) is 0 Å². The molecule has 1 aliphatic rings. The van der Waals surface area contributed by atoms with E-state index < -0.39 is 43.9 Å². The zero-order valence-electron chi connectivity index (χ0n) is 17.2. The number of carbonyl (C=O) groups is 2. The number of halogens is 1. The van der Waals surface area contributed by atoms with Gasteiger partial charge in [-0.1, -0.05) is 11.6 Å². The molecule has 1 aromatic carbocycles. The first-order chi connectivity index (χ1) is 13.8. The van der Waals surface area contributed by atoms with Gasteiger partial charge in [0, 0.05) is 26.7 Å². The molecule has 1 aromatic rings. The van der Waals surface area contributed by atoms with Gasteiger partial charge in [0.05, 0.1) is 27.0 Å². The Kier molecular flexibility index (Phi) is 7.54. The van der Waals surface area contributed by atoms with Crippen LogP contribution in [0.3, 0.4) is 0 Å². The Morgan fingerprint density at radius 1 is 1.30 bits per heavy atom. The van der Waals surface area contributed by atoms with Crippen LogP contribution in [-0.4, -0.2) is 82.2 Å². The number of hydrogen-bond donors (Lipinski definition) is 0. The van der Waals surface area contributed by atoms with E-state index in [1.165, 1.54) is 38.1 Å². The molecular weight excluding hydrogens is 456 g/mol. The number of benzene rings is 1. The van der Waals surface area contributed by atoms with Crippen LogP contribution in [0.1, 0.15) is 30.6 Å². The molecule has 168 valence electrons. The zero-order valence-corrected chi connectivity index (χ0v) is 19.6. The predicted molar refractivity (Wildman–Crippen MR) is 112 cm³/mol. The highest BCUT2D eigenvalue weighted by molar-refractivity contribution is 7.91. The van der Waals surface area contributed by atoms with Crippen LogP contribution >= 0.6 is 11.6 Å². The SMILES string of the molecule is CCN(C(=O)[C@H](C)OC(=O)c1cc(S(=O)(=O)N(C)C)ccc1Cl)[C@H]1CCS(=O)(=O)C1. The van der Waals surface area contributed by atoms with Gasteiger partial charge in [-0.3, -0.25) is 4.79 Å². The number of ether oxygens (including phenoxy) is 1. The largest absolute Gasteiger partial charge is 0.449 e. The summed E-state index contributed by atoms with van der Waals surface area (Å²) >= 11 is 6.04. The Balaban J connectivity index is 2.20. The minimum Gasteiger partial charge on any atom is -0.449 e. The molecule has 1 amide bonds. The van der Waals surface area contributed by atoms with Crippen LogP contribution in [0.5, 0.6) is 0 Å². The van der Waals surface area contributed by atoms with E-state index in [4.69, 9.17) is 16.3 Å². The van der Waals surface area contributed by atoms with E-state index in [0.717, 1.165) is 10.4 Å². The third-order valence-corrected chi connectivity index (χ3v) is 8.73. The molecule has 0 aliphatic carbocycles. The molecule has 12 heteroatoms. The van der Waals surface area contributed by atoms with Crippen molar-refractivity contribution < 1.29 is 31.2 Å². The summed E-state index contributed by atoms with van der Waals surface area (Å²) in [6, 6.07) is 3.16. The smallest absolute Gasteiger partial charge is 0.340 e. The molecule has 1 fully saturated rings. The first-order valence-corrected chi connectivity index (χ1v) is 12.9. The van der Waals surface area contributed by atoms with Gasteiger partial charge in [-0.2, -0.15) is 0 Å². The van der Waals surface area contributed by atoms with E-state index in [-0.39, 0.29) is 33.5 Å². The zero-order chi connectivity index (χ0) is 22.9. The molecule has 30 heavy (non-hydrogen) atoms. The van der Waals surface area contributed by atoms with Gasteiger partial charge in [0.1, 0.15) is 0 Å². The fourth-order valence-electron chi connectivity index (χ4n) is 3.16. The highest BCUT2D eigenvalue weighted by Gasteiger charge is 2.36. The molecule has 0 unspecified atom stereocenters. The van der Waals surface area contributed by atoms with Gasteiger partial charge < -0.3 is 9.64 Å². The number of likely N-dealkylation sites (N-methyl/N-ethyl adjacent to an activating group) is 1. The van der Waals surface area contributed by atoms with E-state index in [1.54, 1.807) is 6.92 Å². The number of amides is 1. The summed E-state index contributed by atoms with van der Waals surface area (Å²) in [7, 11) is -4.28. The summed E-state index contributed by atoms with van der Waals surface area (Å²) in [5.41, 5.74) is -0.189. The molecule has 1 saturated heterocycles. The van der Waals surface area contributed by atoms with Crippen LogP contribution < -0.4 is 0 Å². The molecular formula is C18H25ClN2O7S2. The van der Waals surface area contributed by atoms with Crippen LogP contribution in [0.2, 0.25) is 5.02 Å². The molecule has 2 rings (SSSR count). The number of carbonyl (C=O) groups excluding carboxylic acids is 2. The molecule has 0 bridgehead atoms. The van der Waals surface area contributed by atoms with Crippen LogP contribution in [0.15, 0.2) is 23.1 Å². The molecule has 1 aliphatic heterocycles. The van der Waals surface area contributed by atoms with Crippen molar-refractivity contribution in [1.29, 1.82) is 0 Å². The fourth-order valence-corrected chi connectivity index (χ4v) is 6.01. The molecule has 0 N–H and O–H groups in total. The average Bonchev–Trinajstić information content (AvgIpc) is 3.01. The normalized spacial score (nSPS) is 19.5. The summed E-state index contributed by atoms with van der Waals surface area (Å²) in [6.45, 7) is 3.35. The van der Waals surface area contributed by atoms with Crippen molar-refractivity contribution in [2.45, 2.75) is 37.3 Å². The van der Waals surface area contributed by atoms with Crippen molar-refractivity contribution in [1.82, 2.24) is 9.21 Å². The number of sulfone groups is 1. The molecule has 0 spiro atoms. The van der Waals surface area contributed by atoms with Crippen molar-refractivity contribution in [3.63, 3.8) is 0 Å². The first kappa shape index (κ1) is 24.6. The lowest BCUT2D eigenvalue weighted by molar-refractivity contribution is -0.141. The number of nitrogens with zero attached hydrogens (tertiary/aromatic N) is 2. The summed E-state index contributed by atoms with van der Waals surface area (Å²) in [5.74, 6) is -1.59. The summed E-state index contributed by atoms with van der Waals surface area (Å²) in [5, 5.41) is -0.0217. The molecule has 2 atom stereocenters. The van der Waals surface area contributed by atoms with E-state index in [1.807, 2.05) is 0 Å². The number of esters is 1. The van der Waals surface area contributed by atoms with Gasteiger partial charge in [0.2, 0.25) is 10.0 Å². The lowest BCUT2D eigenvalue weighted by Crippen LogP contribution is -2.46. The van der Waals surface area contributed by atoms with E-state index in [2.05, 4.69) is 0 Å². The number of hydrogen-bond acceptors (Lipinski definition) is 7. The third kappa shape index (κ3) is 5.32. The maximum Gasteiger partial charge on any atom is 0.340 e. The molecule has 1 heterocycles. The van der Waals surface area contributed by atoms with E-state index in [9.17, 15) is 26.4 Å². The second kappa shape index (κ2) is 9.21. The van der Waals surface area contributed by atoms with Crippen molar-refractivity contribution in [3.8, 4) is 0 Å². The second-order valence-electron chi connectivity index (χ2n) is 7.16. The van der Waals surface area contributed by atoms with Gasteiger partial charge in [-0.05, 0) is 38.5 Å². The van der Waals surface area contributed by atoms with E-state index in [0.29, 0.717) is 6.42 Å². The number of sulfonamides is 1. The summed E-state index contributed by atoms with van der Waals surface area (Å²) in [4.78, 5) is 26.6. The summed E-state index contributed by atoms with van der Waals surface area (Å²) < 4.78 is 54.3. The lowest BCUT2D eigenvalue weighted by atomic mass is 10.2. The first-order valence-electron chi connectivity index (χ1n) is 9.24. The van der Waals surface area contributed by atoms with Crippen molar-refractivity contribution in [3.05, 3.63) is 28.8 Å². The van der Waals surface area contributed by atoms with Crippen LogP contribution in [-0.2, 0) is 29.4 Å². The predicted octanol–water partition coefficient (Wildman–Crippen LogP) is 1.17. The Labute approximate surface area is 181 Å². The van der Waals surface area contributed by atoms with Crippen LogP contribution in [0.25, 0.3) is 0 Å². The highest BCUT2D eigenvalue weighted by Crippen LogP contribution is 2.24. The Hall–Kier alpha value is -1.69. The molecule has 0 saturated carbocycles. The molecule has 0 aromatic heterocycles. The summed E-state index contributed by atoms with van der Waals surface area (Å²) in [6.07, 6.45) is -0.871. The average molecular weight is 481 g/mol. The standard InChI is InChI=1S/C18H25ClN2O7S2/c1-5-21(13-8-9-29(24,25)11-13)17(22)12(2)28-18(23)15-10-14(6-7-16(15)19)30(26,27)20(3)4/h6-7,10,12-13H,5,8-9,11H2,1-4H3/t12-,13-/m0/s1. The second-order valence-corrected chi connectivity index (χ2v) is 11.9. The monoisotopic (exact) mass is 480 g/mol. The minimum atomic E-state index is -3.80. The lowest BCUT2D eigenvalue weighted by Gasteiger charge is -2.29. The topological polar surface area (TPSA) is 118 Å². The molecule has 9 nitrogen and oxygen atoms in total. The van der Waals surface area contributed by atoms with Crippen molar-refractivity contribution in [2.75, 3.05) is 32.1 Å². The maximum absolute atomic E-state index is 12.8. The quantitative estimate of drug-likeness (QED) is 0.537. The van der Waals surface area contributed by atoms with Crippen molar-refractivity contribution >= 4 is 43.3 Å². The Bertz CT molecular complexity index is 1040. The van der Waals surface area contributed by atoms with Crippen LogP contribution in [0.4, 0.5) is 0 Å². The Morgan fingerprint density at radius 2 is 1.93 bits per heavy atom. The minimum absolute atomic E-state index is 0.0123. The molecule has 0 radical (unpaired) electrons. The maximum atomic E-state index is 12.8. The van der Waals surface area contributed by atoms with Crippen molar-refractivity contribution in [2.24, 2.45) is 0 Å². The van der Waals surface area contributed by atoms with Gasteiger partial charge >= 0.3 is 5.97 Å².